The van der Waals surface area contributed by atoms with Gasteiger partial charge in [0.05, 0.1) is 4.92 Å². The molecule has 1 aliphatic rings. The molecule has 8 heteroatoms. The van der Waals surface area contributed by atoms with Crippen LogP contribution < -0.4 is 10.2 Å². The van der Waals surface area contributed by atoms with Gasteiger partial charge in [0.2, 0.25) is 11.6 Å². The molecule has 0 saturated carbocycles. The zero-order valence-electron chi connectivity index (χ0n) is 13.3. The number of hydrogen-bond donors (Lipinski definition) is 1. The average Bonchev–Trinajstić information content (AvgIpc) is 2.57. The summed E-state index contributed by atoms with van der Waals surface area (Å²) in [6, 6.07) is 7.14. The van der Waals surface area contributed by atoms with Crippen molar-refractivity contribution >= 4 is 34.6 Å². The summed E-state index contributed by atoms with van der Waals surface area (Å²) in [5.41, 5.74) is 0.583. The van der Waals surface area contributed by atoms with Crippen molar-refractivity contribution in [3.05, 3.63) is 45.7 Å². The fourth-order valence-corrected chi connectivity index (χ4v) is 3.05. The summed E-state index contributed by atoms with van der Waals surface area (Å²) < 4.78 is 0. The Labute approximate surface area is 144 Å². The first kappa shape index (κ1) is 16.4. The van der Waals surface area contributed by atoms with E-state index in [0.29, 0.717) is 16.5 Å². The number of nitrogens with one attached hydrogen (secondary N) is 1. The Balaban J connectivity index is 1.98. The molecule has 1 aromatic heterocycles. The molecule has 7 nitrogen and oxygen atoms in total. The Morgan fingerprint density at radius 1 is 1.29 bits per heavy atom. The van der Waals surface area contributed by atoms with Gasteiger partial charge >= 0.3 is 5.69 Å². The van der Waals surface area contributed by atoms with Crippen LogP contribution in [0.25, 0.3) is 0 Å². The number of nitro groups is 1. The fraction of sp³-hybridized carbons (Fsp3) is 0.375. The van der Waals surface area contributed by atoms with Gasteiger partial charge in [-0.05, 0) is 50.5 Å². The lowest BCUT2D eigenvalue weighted by Crippen LogP contribution is -2.38. The summed E-state index contributed by atoms with van der Waals surface area (Å²) >= 11 is 5.87. The van der Waals surface area contributed by atoms with Crippen molar-refractivity contribution in [2.45, 2.75) is 32.2 Å². The predicted octanol–water partition coefficient (Wildman–Crippen LogP) is 4.16. The molecular weight excluding hydrogens is 330 g/mol. The lowest BCUT2D eigenvalue weighted by Gasteiger charge is -2.33. The normalized spacial score (nSPS) is 17.6. The molecule has 24 heavy (non-hydrogen) atoms. The van der Waals surface area contributed by atoms with Gasteiger partial charge in [0, 0.05) is 23.3 Å². The van der Waals surface area contributed by atoms with Gasteiger partial charge in [-0.15, -0.1) is 0 Å². The van der Waals surface area contributed by atoms with Gasteiger partial charge in [0.1, 0.15) is 6.33 Å². The van der Waals surface area contributed by atoms with Gasteiger partial charge in [0.25, 0.3) is 0 Å². The van der Waals surface area contributed by atoms with Crippen LogP contribution in [0.4, 0.5) is 23.0 Å². The molecule has 1 fully saturated rings. The van der Waals surface area contributed by atoms with E-state index in [2.05, 4.69) is 22.2 Å². The molecule has 1 aromatic carbocycles. The Kier molecular flexibility index (Phi) is 4.80. The first-order valence-electron chi connectivity index (χ1n) is 7.85. The number of piperidine rings is 1. The van der Waals surface area contributed by atoms with E-state index >= 15 is 0 Å². The van der Waals surface area contributed by atoms with E-state index in [4.69, 9.17) is 11.6 Å². The monoisotopic (exact) mass is 347 g/mol. The largest absolute Gasteiger partial charge is 0.353 e. The van der Waals surface area contributed by atoms with E-state index in [9.17, 15) is 10.1 Å². The van der Waals surface area contributed by atoms with Crippen molar-refractivity contribution in [3.63, 3.8) is 0 Å². The van der Waals surface area contributed by atoms with Crippen molar-refractivity contribution in [1.29, 1.82) is 0 Å². The zero-order chi connectivity index (χ0) is 17.1. The topological polar surface area (TPSA) is 84.2 Å². The zero-order valence-corrected chi connectivity index (χ0v) is 14.0. The van der Waals surface area contributed by atoms with Crippen LogP contribution in [0.2, 0.25) is 5.02 Å². The molecule has 1 saturated heterocycles. The molecule has 0 spiro atoms. The standard InChI is InChI=1S/C16H18ClN5O2/c1-11-4-2-3-9-21(11)16-14(22(23)24)15(18-10-19-16)20-13-7-5-12(17)6-8-13/h5-8,10-11H,2-4,9H2,1H3,(H,18,19,20). The minimum absolute atomic E-state index is 0.0961. The number of aromatic nitrogens is 2. The van der Waals surface area contributed by atoms with Crippen LogP contribution >= 0.6 is 11.6 Å². The summed E-state index contributed by atoms with van der Waals surface area (Å²) in [5, 5.41) is 15.3. The fourth-order valence-electron chi connectivity index (χ4n) is 2.92. The Morgan fingerprint density at radius 3 is 2.71 bits per heavy atom. The van der Waals surface area contributed by atoms with Gasteiger partial charge in [-0.3, -0.25) is 10.1 Å². The second-order valence-corrected chi connectivity index (χ2v) is 6.26. The molecule has 126 valence electrons. The first-order valence-corrected chi connectivity index (χ1v) is 8.22. The van der Waals surface area contributed by atoms with Crippen molar-refractivity contribution < 1.29 is 4.92 Å². The second-order valence-electron chi connectivity index (χ2n) is 5.82. The quantitative estimate of drug-likeness (QED) is 0.660. The van der Waals surface area contributed by atoms with E-state index in [1.807, 2.05) is 4.90 Å². The third-order valence-corrected chi connectivity index (χ3v) is 4.42. The summed E-state index contributed by atoms with van der Waals surface area (Å²) in [4.78, 5) is 21.5. The highest BCUT2D eigenvalue weighted by Crippen LogP contribution is 2.36. The minimum atomic E-state index is -0.422. The summed E-state index contributed by atoms with van der Waals surface area (Å²) in [6.45, 7) is 2.83. The number of halogens is 1. The maximum absolute atomic E-state index is 11.7. The molecule has 1 unspecified atom stereocenters. The van der Waals surface area contributed by atoms with Gasteiger partial charge < -0.3 is 10.2 Å². The average molecular weight is 348 g/mol. The molecule has 3 rings (SSSR count). The van der Waals surface area contributed by atoms with Crippen LogP contribution in [0.3, 0.4) is 0 Å². The highest BCUT2D eigenvalue weighted by atomic mass is 35.5. The Morgan fingerprint density at radius 2 is 2.04 bits per heavy atom. The molecule has 0 radical (unpaired) electrons. The van der Waals surface area contributed by atoms with Crippen LogP contribution in [0.1, 0.15) is 26.2 Å². The lowest BCUT2D eigenvalue weighted by atomic mass is 10.0. The lowest BCUT2D eigenvalue weighted by molar-refractivity contribution is -0.383. The third-order valence-electron chi connectivity index (χ3n) is 4.17. The third kappa shape index (κ3) is 3.41. The maximum atomic E-state index is 11.7. The van der Waals surface area contributed by atoms with Gasteiger partial charge in [0.15, 0.2) is 0 Å². The minimum Gasteiger partial charge on any atom is -0.348 e. The maximum Gasteiger partial charge on any atom is 0.353 e. The molecular formula is C16H18ClN5O2. The number of hydrogen-bond acceptors (Lipinski definition) is 6. The Bertz CT molecular complexity index is 738. The van der Waals surface area contributed by atoms with Crippen molar-refractivity contribution in [2.75, 3.05) is 16.8 Å². The highest BCUT2D eigenvalue weighted by Gasteiger charge is 2.30. The van der Waals surface area contributed by atoms with E-state index in [1.54, 1.807) is 24.3 Å². The molecule has 0 aliphatic carbocycles. The Hall–Kier alpha value is -2.41. The van der Waals surface area contributed by atoms with Crippen molar-refractivity contribution in [2.24, 2.45) is 0 Å². The van der Waals surface area contributed by atoms with Crippen LogP contribution in [0.5, 0.6) is 0 Å². The van der Waals surface area contributed by atoms with E-state index in [-0.39, 0.29) is 17.5 Å². The van der Waals surface area contributed by atoms with Gasteiger partial charge in [-0.2, -0.15) is 0 Å². The number of benzene rings is 1. The molecule has 1 N–H and O–H groups in total. The van der Waals surface area contributed by atoms with Crippen LogP contribution in [-0.2, 0) is 0 Å². The highest BCUT2D eigenvalue weighted by molar-refractivity contribution is 6.30. The molecule has 0 bridgehead atoms. The molecule has 1 aliphatic heterocycles. The van der Waals surface area contributed by atoms with Crippen LogP contribution in [-0.4, -0.2) is 27.5 Å². The van der Waals surface area contributed by atoms with E-state index < -0.39 is 4.92 Å². The number of nitrogens with zero attached hydrogens (tertiary/aromatic N) is 4. The van der Waals surface area contributed by atoms with E-state index in [0.717, 1.165) is 25.8 Å². The smallest absolute Gasteiger partial charge is 0.348 e. The van der Waals surface area contributed by atoms with Gasteiger partial charge in [-0.25, -0.2) is 9.97 Å². The van der Waals surface area contributed by atoms with Gasteiger partial charge in [-0.1, -0.05) is 11.6 Å². The van der Waals surface area contributed by atoms with Crippen molar-refractivity contribution in [1.82, 2.24) is 9.97 Å². The molecule has 2 heterocycles. The van der Waals surface area contributed by atoms with E-state index in [1.165, 1.54) is 6.33 Å². The number of anilines is 3. The molecule has 1 atom stereocenters. The second kappa shape index (κ2) is 7.00. The van der Waals surface area contributed by atoms with Crippen LogP contribution in [0.15, 0.2) is 30.6 Å². The van der Waals surface area contributed by atoms with Crippen molar-refractivity contribution in [3.8, 4) is 0 Å². The predicted molar refractivity (Wildman–Crippen MR) is 94.1 cm³/mol. The van der Waals surface area contributed by atoms with Crippen LogP contribution in [0, 0.1) is 10.1 Å². The number of rotatable bonds is 4. The summed E-state index contributed by atoms with van der Waals surface area (Å²) in [6.07, 6.45) is 4.50. The SMILES string of the molecule is CC1CCCCN1c1ncnc(Nc2ccc(Cl)cc2)c1[N+](=O)[O-]. The summed E-state index contributed by atoms with van der Waals surface area (Å²) in [5.74, 6) is 0.559. The molecule has 0 amide bonds. The molecule has 2 aromatic rings. The first-order chi connectivity index (χ1) is 11.6. The summed E-state index contributed by atoms with van der Waals surface area (Å²) in [7, 11) is 0.